The largest absolute Gasteiger partial charge is 0.385 e. The third-order valence-corrected chi connectivity index (χ3v) is 1.65. The number of benzene rings is 1. The number of alkyl halides is 1. The van der Waals surface area contributed by atoms with Gasteiger partial charge in [0.15, 0.2) is 0 Å². The van der Waals surface area contributed by atoms with Crippen LogP contribution in [0.3, 0.4) is 0 Å². The van der Waals surface area contributed by atoms with E-state index < -0.39 is 0 Å². The van der Waals surface area contributed by atoms with Gasteiger partial charge in [0, 0.05) is 24.2 Å². The molecule has 1 rings (SSSR count). The van der Waals surface area contributed by atoms with Crippen molar-refractivity contribution in [3.05, 3.63) is 29.8 Å². The second-order valence-electron chi connectivity index (χ2n) is 2.44. The topological polar surface area (TPSA) is 39.7 Å². The molecule has 0 atom stereocenters. The Balaban J connectivity index is 0.000000671. The summed E-state index contributed by atoms with van der Waals surface area (Å²) in [4.78, 5) is 0. The maximum atomic E-state index is 4.64. The molecule has 74 valence electrons. The van der Waals surface area contributed by atoms with Crippen LogP contribution in [0.4, 0.5) is 5.69 Å². The zero-order valence-electron chi connectivity index (χ0n) is 8.31. The normalized spacial score (nSPS) is 8.62. The Morgan fingerprint density at radius 3 is 2.46 bits per heavy atom. The molecule has 0 aliphatic heterocycles. The lowest BCUT2D eigenvalue weighted by atomic mass is 10.2. The highest BCUT2D eigenvalue weighted by atomic mass is 35.5. The first-order valence-corrected chi connectivity index (χ1v) is 5.13. The van der Waals surface area contributed by atoms with E-state index in [0.717, 1.165) is 13.1 Å². The number of rotatable bonds is 3. The summed E-state index contributed by atoms with van der Waals surface area (Å²) in [5, 5.41) is 3.29. The van der Waals surface area contributed by atoms with Crippen molar-refractivity contribution >= 4 is 17.3 Å². The molecule has 0 heterocycles. The first-order valence-electron chi connectivity index (χ1n) is 4.37. The standard InChI is InChI=1S/C9H14N2.CH3Cl/c1-2-11-9-6-4-3-5-8(9)7-10;1-2/h3-6,11H,2,7,10H2,1H3;1H3/p+1. The number of quaternary nitrogens is 1. The van der Waals surface area contributed by atoms with E-state index in [4.69, 9.17) is 0 Å². The van der Waals surface area contributed by atoms with Crippen LogP contribution in [0.1, 0.15) is 12.5 Å². The molecule has 0 radical (unpaired) electrons. The molecule has 13 heavy (non-hydrogen) atoms. The van der Waals surface area contributed by atoms with Crippen molar-refractivity contribution in [2.24, 2.45) is 0 Å². The second kappa shape index (κ2) is 7.90. The zero-order chi connectivity index (χ0) is 10.1. The van der Waals surface area contributed by atoms with E-state index in [0.29, 0.717) is 0 Å². The van der Waals surface area contributed by atoms with Crippen LogP contribution in [0.25, 0.3) is 0 Å². The van der Waals surface area contributed by atoms with Crippen LogP contribution in [0.15, 0.2) is 24.3 Å². The van der Waals surface area contributed by atoms with Gasteiger partial charge in [-0.2, -0.15) is 0 Å². The molecule has 1 aromatic rings. The minimum Gasteiger partial charge on any atom is -0.385 e. The van der Waals surface area contributed by atoms with Gasteiger partial charge >= 0.3 is 0 Å². The van der Waals surface area contributed by atoms with Gasteiger partial charge in [0.05, 0.1) is 0 Å². The van der Waals surface area contributed by atoms with Crippen LogP contribution < -0.4 is 11.1 Å². The van der Waals surface area contributed by atoms with Gasteiger partial charge in [0.2, 0.25) is 0 Å². The fourth-order valence-corrected chi connectivity index (χ4v) is 1.10. The van der Waals surface area contributed by atoms with Crippen molar-refractivity contribution in [1.29, 1.82) is 0 Å². The maximum Gasteiger partial charge on any atom is 0.102 e. The fraction of sp³-hybridized carbons (Fsp3) is 0.400. The quantitative estimate of drug-likeness (QED) is 0.719. The molecule has 0 spiro atoms. The molecule has 1 aromatic carbocycles. The zero-order valence-corrected chi connectivity index (χ0v) is 9.06. The first kappa shape index (κ1) is 12.3. The molecule has 0 aromatic heterocycles. The Kier molecular flexibility index (Phi) is 7.45. The van der Waals surface area contributed by atoms with E-state index in [-0.39, 0.29) is 0 Å². The Bertz CT molecular complexity index is 226. The van der Waals surface area contributed by atoms with E-state index >= 15 is 0 Å². The Hall–Kier alpha value is -0.730. The maximum absolute atomic E-state index is 4.64. The summed E-state index contributed by atoms with van der Waals surface area (Å²) in [7, 11) is 0. The molecule has 0 saturated heterocycles. The third kappa shape index (κ3) is 4.15. The number of halogens is 1. The fourth-order valence-electron chi connectivity index (χ4n) is 1.10. The predicted molar refractivity (Wildman–Crippen MR) is 59.0 cm³/mol. The van der Waals surface area contributed by atoms with Crippen molar-refractivity contribution in [3.8, 4) is 0 Å². The number of nitrogens with one attached hydrogen (secondary N) is 1. The smallest absolute Gasteiger partial charge is 0.102 e. The number of anilines is 1. The van der Waals surface area contributed by atoms with Gasteiger partial charge in [-0.05, 0) is 13.0 Å². The number of hydrogen-bond acceptors (Lipinski definition) is 1. The van der Waals surface area contributed by atoms with Gasteiger partial charge in [-0.25, -0.2) is 0 Å². The van der Waals surface area contributed by atoms with Crippen molar-refractivity contribution < 1.29 is 5.73 Å². The molecule has 0 bridgehead atoms. The van der Waals surface area contributed by atoms with E-state index in [9.17, 15) is 0 Å². The predicted octanol–water partition coefficient (Wildman–Crippen LogP) is 1.72. The Labute approximate surface area is 85.1 Å². The van der Waals surface area contributed by atoms with Gasteiger partial charge in [-0.3, -0.25) is 0 Å². The lowest BCUT2D eigenvalue weighted by Crippen LogP contribution is -2.47. The molecule has 0 unspecified atom stereocenters. The molecule has 0 aliphatic rings. The van der Waals surface area contributed by atoms with Crippen LogP contribution >= 0.6 is 11.6 Å². The Morgan fingerprint density at radius 2 is 1.92 bits per heavy atom. The summed E-state index contributed by atoms with van der Waals surface area (Å²) < 4.78 is 0. The van der Waals surface area contributed by atoms with E-state index in [1.807, 2.05) is 12.1 Å². The SMILES string of the molecule is CCNc1ccccc1C[NH3+].CCl. The lowest BCUT2D eigenvalue weighted by molar-refractivity contribution is -0.386. The van der Waals surface area contributed by atoms with Crippen molar-refractivity contribution in [1.82, 2.24) is 0 Å². The molecule has 0 aliphatic carbocycles. The summed E-state index contributed by atoms with van der Waals surface area (Å²) in [5.41, 5.74) is 6.36. The second-order valence-corrected chi connectivity index (χ2v) is 2.44. The minimum absolute atomic E-state index is 0.850. The molecule has 0 amide bonds. The van der Waals surface area contributed by atoms with E-state index in [1.165, 1.54) is 17.6 Å². The highest BCUT2D eigenvalue weighted by Crippen LogP contribution is 2.12. The van der Waals surface area contributed by atoms with Crippen molar-refractivity contribution in [2.45, 2.75) is 13.5 Å². The van der Waals surface area contributed by atoms with Gasteiger partial charge < -0.3 is 11.1 Å². The minimum atomic E-state index is 0.850. The molecule has 4 N–H and O–H groups in total. The van der Waals surface area contributed by atoms with Crippen LogP contribution in [-0.2, 0) is 6.54 Å². The highest BCUT2D eigenvalue weighted by Gasteiger charge is 1.97. The summed E-state index contributed by atoms with van der Waals surface area (Å²) >= 11 is 4.64. The number of hydrogen-bond donors (Lipinski definition) is 2. The average Bonchev–Trinajstić information content (AvgIpc) is 2.22. The molecule has 0 saturated carbocycles. The summed E-state index contributed by atoms with van der Waals surface area (Å²) in [6.07, 6.45) is 1.47. The summed E-state index contributed by atoms with van der Waals surface area (Å²) in [6, 6.07) is 8.27. The summed E-state index contributed by atoms with van der Waals surface area (Å²) in [5.74, 6) is 0. The van der Waals surface area contributed by atoms with Crippen molar-refractivity contribution in [2.75, 3.05) is 18.2 Å². The van der Waals surface area contributed by atoms with E-state index in [1.54, 1.807) is 0 Å². The summed E-state index contributed by atoms with van der Waals surface area (Å²) in [6.45, 7) is 3.92. The molecular weight excluding hydrogens is 184 g/mol. The van der Waals surface area contributed by atoms with Crippen LogP contribution in [-0.4, -0.2) is 12.9 Å². The van der Waals surface area contributed by atoms with Crippen LogP contribution in [0.2, 0.25) is 0 Å². The lowest BCUT2D eigenvalue weighted by Gasteiger charge is -2.06. The van der Waals surface area contributed by atoms with Gasteiger partial charge in [-0.1, -0.05) is 18.2 Å². The Morgan fingerprint density at radius 1 is 1.31 bits per heavy atom. The monoisotopic (exact) mass is 201 g/mol. The molecule has 0 fully saturated rings. The van der Waals surface area contributed by atoms with Gasteiger partial charge in [-0.15, -0.1) is 11.6 Å². The van der Waals surface area contributed by atoms with Crippen molar-refractivity contribution in [3.63, 3.8) is 0 Å². The van der Waals surface area contributed by atoms with Crippen LogP contribution in [0, 0.1) is 0 Å². The average molecular weight is 202 g/mol. The first-order chi connectivity index (χ1) is 6.38. The molecule has 2 nitrogen and oxygen atoms in total. The highest BCUT2D eigenvalue weighted by molar-refractivity contribution is 6.15. The van der Waals surface area contributed by atoms with E-state index in [2.05, 4.69) is 41.7 Å². The van der Waals surface area contributed by atoms with Gasteiger partial charge in [0.25, 0.3) is 0 Å². The molecule has 3 heteroatoms. The molecular formula is C10H18ClN2+. The van der Waals surface area contributed by atoms with Gasteiger partial charge in [0.1, 0.15) is 6.54 Å². The third-order valence-electron chi connectivity index (χ3n) is 1.65. The van der Waals surface area contributed by atoms with Crippen LogP contribution in [0.5, 0.6) is 0 Å². The number of para-hydroxylation sites is 1.